The lowest BCUT2D eigenvalue weighted by molar-refractivity contribution is -0.119. The number of carbonyl (C=O) groups is 1. The molecule has 0 aliphatic carbocycles. The summed E-state index contributed by atoms with van der Waals surface area (Å²) in [6.45, 7) is 9.19. The van der Waals surface area contributed by atoms with Crippen LogP contribution < -0.4 is 10.6 Å². The second-order valence-corrected chi connectivity index (χ2v) is 7.04. The van der Waals surface area contributed by atoms with Crippen molar-refractivity contribution in [2.75, 3.05) is 31.2 Å². The molecule has 5 heteroatoms. The summed E-state index contributed by atoms with van der Waals surface area (Å²) < 4.78 is 5.42. The lowest BCUT2D eigenvalue weighted by atomic mass is 9.87. The molecule has 1 unspecified atom stereocenters. The predicted molar refractivity (Wildman–Crippen MR) is 104 cm³/mol. The minimum atomic E-state index is -0.371. The van der Waals surface area contributed by atoms with Crippen LogP contribution >= 0.6 is 0 Å². The van der Waals surface area contributed by atoms with Gasteiger partial charge in [0.15, 0.2) is 0 Å². The fraction of sp³-hybridized carbons (Fsp3) is 0.429. The quantitative estimate of drug-likeness (QED) is 0.897. The maximum absolute atomic E-state index is 12.2. The van der Waals surface area contributed by atoms with Crippen LogP contribution in [-0.4, -0.2) is 37.2 Å². The number of nitrogens with two attached hydrogens (primary N) is 1. The number of aryl methyl sites for hydroxylation is 3. The van der Waals surface area contributed by atoms with Crippen molar-refractivity contribution in [3.63, 3.8) is 0 Å². The molecule has 1 aliphatic heterocycles. The number of rotatable bonds is 5. The van der Waals surface area contributed by atoms with E-state index in [0.29, 0.717) is 6.42 Å². The Morgan fingerprint density at radius 1 is 1.19 bits per heavy atom. The molecule has 1 fully saturated rings. The van der Waals surface area contributed by atoms with Crippen molar-refractivity contribution >= 4 is 11.7 Å². The van der Waals surface area contributed by atoms with Gasteiger partial charge in [-0.15, -0.1) is 0 Å². The largest absolute Gasteiger partial charge is 0.378 e. The van der Waals surface area contributed by atoms with E-state index in [9.17, 15) is 4.79 Å². The normalized spacial score (nSPS) is 15.7. The molecular formula is C21H27N3O2. The first-order chi connectivity index (χ1) is 12.5. The van der Waals surface area contributed by atoms with Crippen molar-refractivity contribution in [2.24, 2.45) is 5.73 Å². The minimum Gasteiger partial charge on any atom is -0.378 e. The van der Waals surface area contributed by atoms with Gasteiger partial charge in [-0.3, -0.25) is 4.79 Å². The molecule has 1 amide bonds. The third-order valence-electron chi connectivity index (χ3n) is 5.03. The molecule has 5 nitrogen and oxygen atoms in total. The lowest BCUT2D eigenvalue weighted by Gasteiger charge is -2.29. The molecule has 1 aromatic heterocycles. The summed E-state index contributed by atoms with van der Waals surface area (Å²) in [5.74, 6) is 0.271. The van der Waals surface area contributed by atoms with E-state index in [0.717, 1.165) is 54.5 Å². The van der Waals surface area contributed by atoms with E-state index < -0.39 is 0 Å². The highest BCUT2D eigenvalue weighted by atomic mass is 16.5. The summed E-state index contributed by atoms with van der Waals surface area (Å²) in [6.07, 6.45) is 0.593. The number of hydrogen-bond donors (Lipinski definition) is 1. The molecule has 2 heterocycles. The molecular weight excluding hydrogens is 326 g/mol. The Balaban J connectivity index is 1.91. The second kappa shape index (κ2) is 7.87. The summed E-state index contributed by atoms with van der Waals surface area (Å²) in [6, 6.07) is 10.3. The van der Waals surface area contributed by atoms with Gasteiger partial charge in [0.2, 0.25) is 5.91 Å². The number of morpholine rings is 1. The van der Waals surface area contributed by atoms with Crippen LogP contribution in [0.25, 0.3) is 0 Å². The van der Waals surface area contributed by atoms with Gasteiger partial charge in [0.1, 0.15) is 5.82 Å². The minimum absolute atomic E-state index is 0.308. The number of primary amides is 1. The summed E-state index contributed by atoms with van der Waals surface area (Å²) >= 11 is 0. The third kappa shape index (κ3) is 4.05. The highest BCUT2D eigenvalue weighted by Gasteiger charge is 2.24. The molecule has 2 N–H and O–H groups in total. The number of anilines is 1. The van der Waals surface area contributed by atoms with E-state index in [2.05, 4.69) is 42.2 Å². The van der Waals surface area contributed by atoms with Crippen LogP contribution in [-0.2, 0) is 16.0 Å². The Morgan fingerprint density at radius 3 is 2.42 bits per heavy atom. The molecule has 0 radical (unpaired) electrons. The van der Waals surface area contributed by atoms with E-state index in [1.165, 1.54) is 5.56 Å². The maximum atomic E-state index is 12.2. The molecule has 0 spiro atoms. The number of hydrogen-bond acceptors (Lipinski definition) is 4. The zero-order valence-electron chi connectivity index (χ0n) is 15.8. The fourth-order valence-electron chi connectivity index (χ4n) is 3.61. The van der Waals surface area contributed by atoms with Crippen molar-refractivity contribution in [3.05, 3.63) is 58.3 Å². The average molecular weight is 353 g/mol. The van der Waals surface area contributed by atoms with E-state index in [1.807, 2.05) is 13.8 Å². The van der Waals surface area contributed by atoms with E-state index in [4.69, 9.17) is 15.5 Å². The van der Waals surface area contributed by atoms with Crippen LogP contribution in [0.3, 0.4) is 0 Å². The first-order valence-electron chi connectivity index (χ1n) is 9.11. The molecule has 1 saturated heterocycles. The van der Waals surface area contributed by atoms with Crippen molar-refractivity contribution in [3.8, 4) is 0 Å². The smallest absolute Gasteiger partial charge is 0.225 e. The van der Waals surface area contributed by atoms with Crippen LogP contribution in [0.1, 0.15) is 33.9 Å². The van der Waals surface area contributed by atoms with Gasteiger partial charge in [-0.1, -0.05) is 29.8 Å². The van der Waals surface area contributed by atoms with Crippen molar-refractivity contribution in [1.82, 2.24) is 4.98 Å². The topological polar surface area (TPSA) is 68.5 Å². The zero-order valence-corrected chi connectivity index (χ0v) is 15.8. The number of carbonyl (C=O) groups excluding carboxylic acids is 1. The van der Waals surface area contributed by atoms with Crippen LogP contribution in [0.15, 0.2) is 30.3 Å². The fourth-order valence-corrected chi connectivity index (χ4v) is 3.61. The van der Waals surface area contributed by atoms with Crippen LogP contribution in [0.5, 0.6) is 0 Å². The van der Waals surface area contributed by atoms with Gasteiger partial charge >= 0.3 is 0 Å². The van der Waals surface area contributed by atoms with Crippen LogP contribution in [0.4, 0.5) is 5.82 Å². The molecule has 1 aromatic carbocycles. The molecule has 3 rings (SSSR count). The predicted octanol–water partition coefficient (Wildman–Crippen LogP) is 2.66. The van der Waals surface area contributed by atoms with Crippen LogP contribution in [0.2, 0.25) is 0 Å². The van der Waals surface area contributed by atoms with Gasteiger partial charge < -0.3 is 15.4 Å². The summed E-state index contributed by atoms with van der Waals surface area (Å²) in [7, 11) is 0. The van der Waals surface area contributed by atoms with Gasteiger partial charge in [-0.05, 0) is 49.9 Å². The van der Waals surface area contributed by atoms with E-state index in [1.54, 1.807) is 0 Å². The number of pyridine rings is 1. The third-order valence-corrected chi connectivity index (χ3v) is 5.03. The summed E-state index contributed by atoms with van der Waals surface area (Å²) in [5, 5.41) is 0. The number of ether oxygens (including phenoxy) is 1. The highest BCUT2D eigenvalue weighted by molar-refractivity contribution is 5.83. The standard InChI is InChI=1S/C21H27N3O2/c1-14-4-6-17(7-5-14)13-18(21(22)25)20-15(2)12-19(23-16(20)3)24-8-10-26-11-9-24/h4-7,12,18H,8-11,13H2,1-3H3,(H2,22,25). The summed E-state index contributed by atoms with van der Waals surface area (Å²) in [4.78, 5) is 19.2. The molecule has 138 valence electrons. The van der Waals surface area contributed by atoms with E-state index in [-0.39, 0.29) is 11.8 Å². The molecule has 1 aliphatic rings. The molecule has 0 saturated carbocycles. The summed E-state index contributed by atoms with van der Waals surface area (Å²) in [5.41, 5.74) is 11.0. The van der Waals surface area contributed by atoms with Crippen molar-refractivity contribution in [1.29, 1.82) is 0 Å². The highest BCUT2D eigenvalue weighted by Crippen LogP contribution is 2.29. The monoisotopic (exact) mass is 353 g/mol. The Hall–Kier alpha value is -2.40. The Labute approximate surface area is 155 Å². The van der Waals surface area contributed by atoms with Gasteiger partial charge in [0.05, 0.1) is 19.1 Å². The van der Waals surface area contributed by atoms with Gasteiger partial charge in [-0.2, -0.15) is 0 Å². The van der Waals surface area contributed by atoms with Gasteiger partial charge in [-0.25, -0.2) is 4.98 Å². The van der Waals surface area contributed by atoms with Crippen LogP contribution in [0, 0.1) is 20.8 Å². The van der Waals surface area contributed by atoms with Crippen molar-refractivity contribution in [2.45, 2.75) is 33.1 Å². The molecule has 0 bridgehead atoms. The SMILES string of the molecule is Cc1ccc(CC(C(N)=O)c2c(C)cc(N3CCOCC3)nc2C)cc1. The number of nitrogens with zero attached hydrogens (tertiary/aromatic N) is 2. The second-order valence-electron chi connectivity index (χ2n) is 7.04. The molecule has 1 atom stereocenters. The van der Waals surface area contributed by atoms with Gasteiger partial charge in [0, 0.05) is 18.8 Å². The maximum Gasteiger partial charge on any atom is 0.225 e. The number of benzene rings is 1. The first kappa shape index (κ1) is 18.4. The number of aromatic nitrogens is 1. The Morgan fingerprint density at radius 2 is 1.85 bits per heavy atom. The lowest BCUT2D eigenvalue weighted by Crippen LogP contribution is -2.37. The average Bonchev–Trinajstić information content (AvgIpc) is 2.62. The molecule has 2 aromatic rings. The van der Waals surface area contributed by atoms with Crippen molar-refractivity contribution < 1.29 is 9.53 Å². The van der Waals surface area contributed by atoms with Gasteiger partial charge in [0.25, 0.3) is 0 Å². The Bertz CT molecular complexity index is 757. The molecule has 26 heavy (non-hydrogen) atoms. The zero-order chi connectivity index (χ0) is 18.7. The number of amides is 1. The van der Waals surface area contributed by atoms with E-state index >= 15 is 0 Å². The first-order valence-corrected chi connectivity index (χ1v) is 9.11. The Kier molecular flexibility index (Phi) is 5.57.